The van der Waals surface area contributed by atoms with Crippen LogP contribution in [0.25, 0.3) is 0 Å². The van der Waals surface area contributed by atoms with Crippen LogP contribution in [0, 0.1) is 0 Å². The van der Waals surface area contributed by atoms with Crippen LogP contribution in [0.1, 0.15) is 5.56 Å². The van der Waals surface area contributed by atoms with Gasteiger partial charge in [-0.15, -0.1) is 22.0 Å². The van der Waals surface area contributed by atoms with Crippen LogP contribution in [-0.4, -0.2) is 26.4 Å². The molecule has 0 bridgehead atoms. The van der Waals surface area contributed by atoms with Crippen LogP contribution >= 0.6 is 11.8 Å². The number of hydrogen-bond acceptors (Lipinski definition) is 4. The molecule has 1 amide bonds. The molecule has 0 radical (unpaired) electrons. The molecule has 0 atom stereocenters. The van der Waals surface area contributed by atoms with E-state index in [0.29, 0.717) is 18.2 Å². The van der Waals surface area contributed by atoms with Crippen LogP contribution in [0.4, 0.5) is 5.95 Å². The molecule has 0 fully saturated rings. The summed E-state index contributed by atoms with van der Waals surface area (Å²) in [6.07, 6.45) is 1.62. The van der Waals surface area contributed by atoms with Gasteiger partial charge in [0.25, 0.3) is 0 Å². The van der Waals surface area contributed by atoms with E-state index in [9.17, 15) is 4.79 Å². The van der Waals surface area contributed by atoms with Gasteiger partial charge in [-0.2, -0.15) is 0 Å². The molecule has 5 nitrogen and oxygen atoms in total. The molecule has 3 rings (SSSR count). The number of rotatable bonds is 6. The van der Waals surface area contributed by atoms with E-state index in [1.807, 2.05) is 65.2 Å². The van der Waals surface area contributed by atoms with E-state index in [1.54, 1.807) is 6.33 Å². The number of carbonyl (C=O) groups is 1. The first-order chi connectivity index (χ1) is 11.3. The number of thioether (sulfide) groups is 1. The largest absolute Gasteiger partial charge is 0.295 e. The molecule has 0 unspecified atom stereocenters. The number of benzene rings is 2. The third-order valence-electron chi connectivity index (χ3n) is 3.18. The minimum absolute atomic E-state index is 0.0961. The molecule has 0 saturated carbocycles. The highest BCUT2D eigenvalue weighted by molar-refractivity contribution is 8.00. The Hall–Kier alpha value is -2.60. The van der Waals surface area contributed by atoms with Gasteiger partial charge in [-0.1, -0.05) is 48.5 Å². The van der Waals surface area contributed by atoms with Crippen molar-refractivity contribution in [3.05, 3.63) is 72.6 Å². The lowest BCUT2D eigenvalue weighted by Crippen LogP contribution is -2.18. The molecule has 0 saturated heterocycles. The smallest absolute Gasteiger partial charge is 0.237 e. The fraction of sp³-hybridized carbons (Fsp3) is 0.118. The van der Waals surface area contributed by atoms with Gasteiger partial charge in [0, 0.05) is 4.90 Å². The summed E-state index contributed by atoms with van der Waals surface area (Å²) in [5.74, 6) is 0.705. The van der Waals surface area contributed by atoms with Crippen molar-refractivity contribution in [2.24, 2.45) is 0 Å². The fourth-order valence-electron chi connectivity index (χ4n) is 2.07. The van der Waals surface area contributed by atoms with Gasteiger partial charge in [-0.25, -0.2) is 0 Å². The van der Waals surface area contributed by atoms with E-state index in [2.05, 4.69) is 15.5 Å². The standard InChI is InChI=1S/C17H16N4OS/c22-16(12-23-15-9-5-2-6-10-15)19-17-20-18-13-21(17)11-14-7-3-1-4-8-14/h1-10,13H,11-12H2,(H,19,20,22). The van der Waals surface area contributed by atoms with Crippen LogP contribution in [0.15, 0.2) is 71.9 Å². The molecule has 0 aliphatic heterocycles. The topological polar surface area (TPSA) is 59.8 Å². The summed E-state index contributed by atoms with van der Waals surface area (Å²) < 4.78 is 1.82. The van der Waals surface area contributed by atoms with Crippen molar-refractivity contribution in [1.29, 1.82) is 0 Å². The summed E-state index contributed by atoms with van der Waals surface area (Å²) in [5, 5.41) is 10.7. The molecular weight excluding hydrogens is 308 g/mol. The SMILES string of the molecule is O=C(CSc1ccccc1)Nc1nncn1Cc1ccccc1. The summed E-state index contributed by atoms with van der Waals surface area (Å²) in [4.78, 5) is 13.1. The van der Waals surface area contributed by atoms with Crippen LogP contribution in [0.5, 0.6) is 0 Å². The number of nitrogens with one attached hydrogen (secondary N) is 1. The second-order valence-corrected chi connectivity index (χ2v) is 5.97. The van der Waals surface area contributed by atoms with E-state index in [4.69, 9.17) is 0 Å². The van der Waals surface area contributed by atoms with Gasteiger partial charge in [0.05, 0.1) is 12.3 Å². The predicted molar refractivity (Wildman–Crippen MR) is 91.4 cm³/mol. The van der Waals surface area contributed by atoms with Gasteiger partial charge in [0.1, 0.15) is 6.33 Å². The van der Waals surface area contributed by atoms with Crippen LogP contribution < -0.4 is 5.32 Å². The average molecular weight is 324 g/mol. The molecule has 1 aromatic heterocycles. The average Bonchev–Trinajstić information content (AvgIpc) is 3.02. The van der Waals surface area contributed by atoms with Gasteiger partial charge in [-0.3, -0.25) is 14.7 Å². The van der Waals surface area contributed by atoms with E-state index in [-0.39, 0.29) is 5.91 Å². The Morgan fingerprint density at radius 1 is 1.04 bits per heavy atom. The molecule has 1 N–H and O–H groups in total. The van der Waals surface area contributed by atoms with Crippen LogP contribution in [-0.2, 0) is 11.3 Å². The zero-order valence-electron chi connectivity index (χ0n) is 12.4. The number of nitrogens with zero attached hydrogens (tertiary/aromatic N) is 3. The van der Waals surface area contributed by atoms with Crippen molar-refractivity contribution < 1.29 is 4.79 Å². The third-order valence-corrected chi connectivity index (χ3v) is 4.19. The molecule has 116 valence electrons. The summed E-state index contributed by atoms with van der Waals surface area (Å²) in [6.45, 7) is 0.620. The molecule has 0 spiro atoms. The highest BCUT2D eigenvalue weighted by atomic mass is 32.2. The minimum atomic E-state index is -0.0961. The maximum absolute atomic E-state index is 12.1. The first-order valence-corrected chi connectivity index (χ1v) is 8.19. The first kappa shape index (κ1) is 15.3. The monoisotopic (exact) mass is 324 g/mol. The van der Waals surface area contributed by atoms with Gasteiger partial charge in [-0.05, 0) is 17.7 Å². The van der Waals surface area contributed by atoms with Gasteiger partial charge in [0.15, 0.2) is 0 Å². The number of hydrogen-bond donors (Lipinski definition) is 1. The summed E-state index contributed by atoms with van der Waals surface area (Å²) >= 11 is 1.49. The lowest BCUT2D eigenvalue weighted by atomic mass is 10.2. The maximum atomic E-state index is 12.1. The van der Waals surface area contributed by atoms with E-state index >= 15 is 0 Å². The van der Waals surface area contributed by atoms with Crippen molar-refractivity contribution in [2.45, 2.75) is 11.4 Å². The number of aromatic nitrogens is 3. The zero-order valence-corrected chi connectivity index (χ0v) is 13.2. The van der Waals surface area contributed by atoms with Crippen molar-refractivity contribution in [1.82, 2.24) is 14.8 Å². The Morgan fingerprint density at radius 3 is 2.48 bits per heavy atom. The van der Waals surface area contributed by atoms with E-state index in [0.717, 1.165) is 10.5 Å². The summed E-state index contributed by atoms with van der Waals surface area (Å²) in [6, 6.07) is 19.8. The van der Waals surface area contributed by atoms with Crippen molar-refractivity contribution >= 4 is 23.6 Å². The van der Waals surface area contributed by atoms with E-state index < -0.39 is 0 Å². The zero-order chi connectivity index (χ0) is 15.9. The normalized spacial score (nSPS) is 10.4. The Kier molecular flexibility index (Phi) is 5.06. The summed E-state index contributed by atoms with van der Waals surface area (Å²) in [7, 11) is 0. The Bertz CT molecular complexity index is 759. The second-order valence-electron chi connectivity index (χ2n) is 4.92. The molecule has 3 aromatic rings. The van der Waals surface area contributed by atoms with Crippen LogP contribution in [0.2, 0.25) is 0 Å². The van der Waals surface area contributed by atoms with Gasteiger partial charge >= 0.3 is 0 Å². The van der Waals surface area contributed by atoms with Gasteiger partial charge in [0.2, 0.25) is 11.9 Å². The highest BCUT2D eigenvalue weighted by Gasteiger charge is 2.09. The Balaban J connectivity index is 1.58. The fourth-order valence-corrected chi connectivity index (χ4v) is 2.79. The highest BCUT2D eigenvalue weighted by Crippen LogP contribution is 2.17. The number of carbonyl (C=O) groups excluding carboxylic acids is 1. The number of anilines is 1. The molecule has 23 heavy (non-hydrogen) atoms. The first-order valence-electron chi connectivity index (χ1n) is 7.21. The predicted octanol–water partition coefficient (Wildman–Crippen LogP) is 3.06. The molecular formula is C17H16N4OS. The van der Waals surface area contributed by atoms with Crippen molar-refractivity contribution in [3.8, 4) is 0 Å². The quantitative estimate of drug-likeness (QED) is 0.708. The Morgan fingerprint density at radius 2 is 1.74 bits per heavy atom. The molecule has 6 heteroatoms. The lowest BCUT2D eigenvalue weighted by molar-refractivity contribution is -0.113. The lowest BCUT2D eigenvalue weighted by Gasteiger charge is -2.08. The summed E-state index contributed by atoms with van der Waals surface area (Å²) in [5.41, 5.74) is 1.13. The Labute approximate surface area is 138 Å². The molecule has 2 aromatic carbocycles. The molecule has 0 aliphatic rings. The van der Waals surface area contributed by atoms with E-state index in [1.165, 1.54) is 11.8 Å². The maximum Gasteiger partial charge on any atom is 0.237 e. The molecule has 1 heterocycles. The molecule has 0 aliphatic carbocycles. The third kappa shape index (κ3) is 4.43. The van der Waals surface area contributed by atoms with Crippen molar-refractivity contribution in [2.75, 3.05) is 11.1 Å². The number of amides is 1. The minimum Gasteiger partial charge on any atom is -0.295 e. The van der Waals surface area contributed by atoms with Crippen LogP contribution in [0.3, 0.4) is 0 Å². The van der Waals surface area contributed by atoms with Gasteiger partial charge < -0.3 is 0 Å². The van der Waals surface area contributed by atoms with Crippen molar-refractivity contribution in [3.63, 3.8) is 0 Å². The second kappa shape index (κ2) is 7.60.